The van der Waals surface area contributed by atoms with Gasteiger partial charge in [-0.3, -0.25) is 24.0 Å². The Kier molecular flexibility index (Phi) is 4.49. The van der Waals surface area contributed by atoms with E-state index in [4.69, 9.17) is 9.47 Å². The lowest BCUT2D eigenvalue weighted by Gasteiger charge is -2.26. The van der Waals surface area contributed by atoms with Crippen molar-refractivity contribution in [2.24, 2.45) is 0 Å². The molecule has 1 aromatic carbocycles. The fourth-order valence-corrected chi connectivity index (χ4v) is 3.03. The minimum Gasteiger partial charge on any atom is -0.486 e. The molecule has 1 aromatic heterocycles. The van der Waals surface area contributed by atoms with E-state index >= 15 is 0 Å². The minimum absolute atomic E-state index is 0.163. The summed E-state index contributed by atoms with van der Waals surface area (Å²) in [6.45, 7) is 0.574. The molecule has 27 heavy (non-hydrogen) atoms. The fourth-order valence-electron chi connectivity index (χ4n) is 3.03. The molecule has 140 valence electrons. The molecule has 0 spiro atoms. The lowest BCUT2D eigenvalue weighted by atomic mass is 10.2. The zero-order chi connectivity index (χ0) is 18.8. The number of fused-ring (bicyclic) bond motifs is 1. The average molecular weight is 370 g/mol. The van der Waals surface area contributed by atoms with Crippen LogP contribution in [0, 0.1) is 0 Å². The maximum atomic E-state index is 12.1. The predicted octanol–water partition coefficient (Wildman–Crippen LogP) is 0.811. The summed E-state index contributed by atoms with van der Waals surface area (Å²) in [6.07, 6.45) is 3.29. The normalized spacial score (nSPS) is 18.7. The van der Waals surface area contributed by atoms with Crippen LogP contribution in [0.25, 0.3) is 0 Å². The lowest BCUT2D eigenvalue weighted by Crippen LogP contribution is -2.36. The topological polar surface area (TPSA) is 103 Å². The molecule has 3 heterocycles. The molecule has 3 amide bonds. The third-order valence-corrected chi connectivity index (χ3v) is 4.33. The first-order valence-electron chi connectivity index (χ1n) is 8.62. The first-order chi connectivity index (χ1) is 13.1. The molecule has 9 heteroatoms. The molecular formula is C18H18N4O5. The highest BCUT2D eigenvalue weighted by atomic mass is 16.6. The van der Waals surface area contributed by atoms with E-state index in [1.807, 2.05) is 24.3 Å². The van der Waals surface area contributed by atoms with Crippen LogP contribution >= 0.6 is 0 Å². The molecule has 9 nitrogen and oxygen atoms in total. The molecule has 0 radical (unpaired) electrons. The maximum absolute atomic E-state index is 12.1. The van der Waals surface area contributed by atoms with E-state index in [9.17, 15) is 14.4 Å². The van der Waals surface area contributed by atoms with Gasteiger partial charge in [0.05, 0.1) is 18.4 Å². The largest absolute Gasteiger partial charge is 0.486 e. The van der Waals surface area contributed by atoms with Crippen LogP contribution < -0.4 is 14.8 Å². The molecule has 2 aliphatic rings. The average Bonchev–Trinajstić information content (AvgIpc) is 3.22. The Morgan fingerprint density at radius 1 is 1.19 bits per heavy atom. The summed E-state index contributed by atoms with van der Waals surface area (Å²) < 4.78 is 13.2. The SMILES string of the molecule is O=C(CN1C(=O)CCC1=O)Nc1cnn(C[C@@H]2COc3ccccc3O2)c1. The Balaban J connectivity index is 1.32. The molecule has 1 fully saturated rings. The van der Waals surface area contributed by atoms with E-state index in [0.29, 0.717) is 30.3 Å². The summed E-state index contributed by atoms with van der Waals surface area (Å²) in [5, 5.41) is 6.84. The van der Waals surface area contributed by atoms with Crippen molar-refractivity contribution in [2.75, 3.05) is 18.5 Å². The summed E-state index contributed by atoms with van der Waals surface area (Å²) in [4.78, 5) is 36.2. The van der Waals surface area contributed by atoms with Gasteiger partial charge in [-0.05, 0) is 12.1 Å². The predicted molar refractivity (Wildman–Crippen MR) is 93.2 cm³/mol. The van der Waals surface area contributed by atoms with Gasteiger partial charge in [0.2, 0.25) is 17.7 Å². The first kappa shape index (κ1) is 17.1. The number of hydrogen-bond donors (Lipinski definition) is 1. The number of carbonyl (C=O) groups excluding carboxylic acids is 3. The van der Waals surface area contributed by atoms with Crippen LogP contribution in [0.4, 0.5) is 5.69 Å². The molecule has 2 aromatic rings. The van der Waals surface area contributed by atoms with Crippen molar-refractivity contribution in [3.05, 3.63) is 36.7 Å². The van der Waals surface area contributed by atoms with Crippen molar-refractivity contribution in [1.29, 1.82) is 0 Å². The summed E-state index contributed by atoms with van der Waals surface area (Å²) in [5.74, 6) is 0.327. The first-order valence-corrected chi connectivity index (χ1v) is 8.62. The zero-order valence-electron chi connectivity index (χ0n) is 14.5. The van der Waals surface area contributed by atoms with E-state index in [1.165, 1.54) is 6.20 Å². The highest BCUT2D eigenvalue weighted by molar-refractivity contribution is 6.06. The summed E-state index contributed by atoms with van der Waals surface area (Å²) >= 11 is 0. The summed E-state index contributed by atoms with van der Waals surface area (Å²) in [7, 11) is 0. The van der Waals surface area contributed by atoms with E-state index in [-0.39, 0.29) is 37.3 Å². The number of aromatic nitrogens is 2. The Labute approximate surface area is 154 Å². The van der Waals surface area contributed by atoms with Gasteiger partial charge in [0.15, 0.2) is 17.6 Å². The molecular weight excluding hydrogens is 352 g/mol. The van der Waals surface area contributed by atoms with Crippen molar-refractivity contribution < 1.29 is 23.9 Å². The Bertz CT molecular complexity index is 877. The zero-order valence-corrected chi connectivity index (χ0v) is 14.5. The Hall–Kier alpha value is -3.36. The van der Waals surface area contributed by atoms with Gasteiger partial charge in [-0.2, -0.15) is 5.10 Å². The smallest absolute Gasteiger partial charge is 0.244 e. The third kappa shape index (κ3) is 3.76. The molecule has 1 saturated heterocycles. The fraction of sp³-hybridized carbons (Fsp3) is 0.333. The molecule has 1 atom stereocenters. The second-order valence-electron chi connectivity index (χ2n) is 6.37. The number of hydrogen-bond acceptors (Lipinski definition) is 6. The molecule has 4 rings (SSSR count). The Morgan fingerprint density at radius 2 is 1.93 bits per heavy atom. The number of likely N-dealkylation sites (tertiary alicyclic amines) is 1. The van der Waals surface area contributed by atoms with Crippen molar-refractivity contribution in [1.82, 2.24) is 14.7 Å². The Morgan fingerprint density at radius 3 is 2.70 bits per heavy atom. The van der Waals surface area contributed by atoms with Gasteiger partial charge in [0.1, 0.15) is 13.2 Å². The van der Waals surface area contributed by atoms with E-state index < -0.39 is 5.91 Å². The number of anilines is 1. The van der Waals surface area contributed by atoms with Gasteiger partial charge in [-0.1, -0.05) is 12.1 Å². The highest BCUT2D eigenvalue weighted by Crippen LogP contribution is 2.31. The minimum atomic E-state index is -0.440. The van der Waals surface area contributed by atoms with Crippen molar-refractivity contribution in [2.45, 2.75) is 25.5 Å². The number of amides is 3. The van der Waals surface area contributed by atoms with Crippen LogP contribution in [-0.4, -0.2) is 51.7 Å². The number of rotatable bonds is 5. The van der Waals surface area contributed by atoms with Crippen LogP contribution in [0.1, 0.15) is 12.8 Å². The number of ether oxygens (including phenoxy) is 2. The van der Waals surface area contributed by atoms with Crippen LogP contribution in [-0.2, 0) is 20.9 Å². The van der Waals surface area contributed by atoms with Gasteiger partial charge < -0.3 is 14.8 Å². The summed E-state index contributed by atoms with van der Waals surface area (Å²) in [6, 6.07) is 7.45. The molecule has 0 aliphatic carbocycles. The van der Waals surface area contributed by atoms with Gasteiger partial charge in [-0.25, -0.2) is 0 Å². The van der Waals surface area contributed by atoms with Gasteiger partial charge in [0, 0.05) is 19.0 Å². The molecule has 0 saturated carbocycles. The third-order valence-electron chi connectivity index (χ3n) is 4.33. The van der Waals surface area contributed by atoms with Crippen molar-refractivity contribution >= 4 is 23.4 Å². The van der Waals surface area contributed by atoms with E-state index in [0.717, 1.165) is 4.90 Å². The lowest BCUT2D eigenvalue weighted by molar-refractivity contribution is -0.141. The second-order valence-corrected chi connectivity index (χ2v) is 6.37. The number of para-hydroxylation sites is 2. The van der Waals surface area contributed by atoms with Crippen molar-refractivity contribution in [3.8, 4) is 11.5 Å². The van der Waals surface area contributed by atoms with Crippen LogP contribution in [0.5, 0.6) is 11.5 Å². The maximum Gasteiger partial charge on any atom is 0.244 e. The van der Waals surface area contributed by atoms with E-state index in [2.05, 4.69) is 10.4 Å². The number of benzene rings is 1. The second kappa shape index (κ2) is 7.10. The highest BCUT2D eigenvalue weighted by Gasteiger charge is 2.30. The molecule has 0 unspecified atom stereocenters. The molecule has 0 bridgehead atoms. The van der Waals surface area contributed by atoms with Crippen LogP contribution in [0.15, 0.2) is 36.7 Å². The van der Waals surface area contributed by atoms with Gasteiger partial charge in [-0.15, -0.1) is 0 Å². The van der Waals surface area contributed by atoms with Gasteiger partial charge in [0.25, 0.3) is 0 Å². The molecule has 2 aliphatic heterocycles. The summed E-state index contributed by atoms with van der Waals surface area (Å²) in [5.41, 5.74) is 0.483. The van der Waals surface area contributed by atoms with Crippen molar-refractivity contribution in [3.63, 3.8) is 0 Å². The van der Waals surface area contributed by atoms with Gasteiger partial charge >= 0.3 is 0 Å². The standard InChI is InChI=1S/C18H18N4O5/c23-16(10-22-17(24)5-6-18(22)25)20-12-7-19-21(8-12)9-13-11-26-14-3-1-2-4-15(14)27-13/h1-4,7-8,13H,5-6,9-11H2,(H,20,23)/t13-/m1/s1. The molecule has 1 N–H and O–H groups in total. The number of carbonyl (C=O) groups is 3. The number of imide groups is 1. The van der Waals surface area contributed by atoms with Crippen LogP contribution in [0.2, 0.25) is 0 Å². The quantitative estimate of drug-likeness (QED) is 0.782. The monoisotopic (exact) mass is 370 g/mol. The van der Waals surface area contributed by atoms with E-state index in [1.54, 1.807) is 10.9 Å². The number of nitrogens with one attached hydrogen (secondary N) is 1. The van der Waals surface area contributed by atoms with Crippen LogP contribution in [0.3, 0.4) is 0 Å². The number of nitrogens with zero attached hydrogens (tertiary/aromatic N) is 3.